The predicted octanol–water partition coefficient (Wildman–Crippen LogP) is 1.03. The van der Waals surface area contributed by atoms with Crippen molar-refractivity contribution in [1.82, 2.24) is 4.72 Å². The predicted molar refractivity (Wildman–Crippen MR) is 44.3 cm³/mol. The molecule has 0 amide bonds. The molecule has 0 saturated heterocycles. The van der Waals surface area contributed by atoms with E-state index in [4.69, 9.17) is 0 Å². The van der Waals surface area contributed by atoms with E-state index in [1.54, 1.807) is 0 Å². The van der Waals surface area contributed by atoms with Crippen LogP contribution >= 0.6 is 0 Å². The first-order chi connectivity index (χ1) is 5.08. The van der Waals surface area contributed by atoms with E-state index in [0.717, 1.165) is 31.7 Å². The molecule has 1 fully saturated rings. The Morgan fingerprint density at radius 1 is 1.18 bits per heavy atom. The van der Waals surface area contributed by atoms with Gasteiger partial charge in [-0.1, -0.05) is 19.3 Å². The van der Waals surface area contributed by atoms with Crippen LogP contribution in [0, 0.1) is 6.04 Å². The van der Waals surface area contributed by atoms with Crippen LogP contribution in [0.3, 0.4) is 0 Å². The summed E-state index contributed by atoms with van der Waals surface area (Å²) >= 11 is 0. The fraction of sp³-hybridized carbons (Fsp3) is 0.857. The van der Waals surface area contributed by atoms with Crippen LogP contribution in [0.4, 0.5) is 0 Å². The van der Waals surface area contributed by atoms with Gasteiger partial charge in [-0.15, -0.1) is 0 Å². The molecular formula is C7H14NO2S. The lowest BCUT2D eigenvalue weighted by Gasteiger charge is -2.20. The lowest BCUT2D eigenvalue weighted by molar-refractivity contribution is 0.501. The SMILES string of the molecule is CS(=O)(=O)N[C]1CCCCC1. The highest BCUT2D eigenvalue weighted by atomic mass is 32.2. The van der Waals surface area contributed by atoms with Gasteiger partial charge in [-0.3, -0.25) is 0 Å². The molecule has 0 aliphatic heterocycles. The summed E-state index contributed by atoms with van der Waals surface area (Å²) in [5.74, 6) is 0. The maximum absolute atomic E-state index is 10.8. The number of hydrogen-bond donors (Lipinski definition) is 1. The summed E-state index contributed by atoms with van der Waals surface area (Å²) in [7, 11) is -3.01. The normalized spacial score (nSPS) is 21.9. The molecule has 0 aromatic carbocycles. The Kier molecular flexibility index (Phi) is 2.90. The summed E-state index contributed by atoms with van der Waals surface area (Å²) in [6, 6.07) is 0.985. The van der Waals surface area contributed by atoms with Crippen molar-refractivity contribution >= 4 is 10.0 Å². The molecule has 0 heterocycles. The fourth-order valence-electron chi connectivity index (χ4n) is 1.34. The van der Waals surface area contributed by atoms with Gasteiger partial charge in [0.05, 0.1) is 12.3 Å². The summed E-state index contributed by atoms with van der Waals surface area (Å²) in [5, 5.41) is 0. The highest BCUT2D eigenvalue weighted by Crippen LogP contribution is 2.23. The minimum Gasteiger partial charge on any atom is -0.213 e. The molecule has 65 valence electrons. The molecule has 1 N–H and O–H groups in total. The van der Waals surface area contributed by atoms with E-state index in [-0.39, 0.29) is 0 Å². The monoisotopic (exact) mass is 176 g/mol. The Hall–Kier alpha value is -0.0900. The van der Waals surface area contributed by atoms with Gasteiger partial charge in [0.15, 0.2) is 0 Å². The molecule has 1 aliphatic carbocycles. The minimum atomic E-state index is -3.01. The molecule has 11 heavy (non-hydrogen) atoms. The number of nitrogens with one attached hydrogen (secondary N) is 1. The van der Waals surface area contributed by atoms with Gasteiger partial charge in [0.2, 0.25) is 10.0 Å². The minimum absolute atomic E-state index is 0.924. The first-order valence-electron chi connectivity index (χ1n) is 3.90. The van der Waals surface area contributed by atoms with Gasteiger partial charge in [-0.25, -0.2) is 13.1 Å². The second-order valence-electron chi connectivity index (χ2n) is 3.04. The van der Waals surface area contributed by atoms with Crippen LogP contribution in [0.25, 0.3) is 0 Å². The molecule has 1 radical (unpaired) electrons. The summed E-state index contributed by atoms with van der Waals surface area (Å²) in [4.78, 5) is 0. The quantitative estimate of drug-likeness (QED) is 0.683. The smallest absolute Gasteiger partial charge is 0.209 e. The average Bonchev–Trinajstić information content (AvgIpc) is 1.85. The maximum Gasteiger partial charge on any atom is 0.209 e. The molecule has 0 aromatic rings. The van der Waals surface area contributed by atoms with Crippen LogP contribution in [0.15, 0.2) is 0 Å². The zero-order valence-electron chi connectivity index (χ0n) is 6.76. The van der Waals surface area contributed by atoms with Crippen molar-refractivity contribution in [3.05, 3.63) is 6.04 Å². The third-order valence-corrected chi connectivity index (χ3v) is 2.45. The molecular weight excluding hydrogens is 162 g/mol. The van der Waals surface area contributed by atoms with E-state index < -0.39 is 10.0 Å². The van der Waals surface area contributed by atoms with Crippen molar-refractivity contribution in [3.8, 4) is 0 Å². The van der Waals surface area contributed by atoms with Crippen LogP contribution in [0.5, 0.6) is 0 Å². The van der Waals surface area contributed by atoms with E-state index in [2.05, 4.69) is 4.72 Å². The highest BCUT2D eigenvalue weighted by Gasteiger charge is 2.17. The maximum atomic E-state index is 10.8. The first-order valence-corrected chi connectivity index (χ1v) is 5.79. The van der Waals surface area contributed by atoms with E-state index in [0.29, 0.717) is 0 Å². The number of sulfonamides is 1. The third-order valence-electron chi connectivity index (χ3n) is 1.79. The van der Waals surface area contributed by atoms with Crippen LogP contribution < -0.4 is 4.72 Å². The summed E-state index contributed by atoms with van der Waals surface area (Å²) in [6.45, 7) is 0. The average molecular weight is 176 g/mol. The van der Waals surface area contributed by atoms with E-state index in [1.165, 1.54) is 12.7 Å². The summed E-state index contributed by atoms with van der Waals surface area (Å²) < 4.78 is 24.1. The van der Waals surface area contributed by atoms with Crippen molar-refractivity contribution in [2.24, 2.45) is 0 Å². The third kappa shape index (κ3) is 3.72. The Morgan fingerprint density at radius 3 is 2.18 bits per heavy atom. The largest absolute Gasteiger partial charge is 0.213 e. The van der Waals surface area contributed by atoms with Gasteiger partial charge in [-0.2, -0.15) is 0 Å². The lowest BCUT2D eigenvalue weighted by Crippen LogP contribution is -2.28. The zero-order chi connectivity index (χ0) is 8.32. The van der Waals surface area contributed by atoms with Gasteiger partial charge < -0.3 is 0 Å². The van der Waals surface area contributed by atoms with Gasteiger partial charge in [0, 0.05) is 0 Å². The Balaban J connectivity index is 2.36. The molecule has 1 rings (SSSR count). The molecule has 0 bridgehead atoms. The van der Waals surface area contributed by atoms with Crippen molar-refractivity contribution < 1.29 is 8.42 Å². The fourth-order valence-corrected chi connectivity index (χ4v) is 2.07. The Labute approximate surface area is 68.2 Å². The van der Waals surface area contributed by atoms with Gasteiger partial charge >= 0.3 is 0 Å². The van der Waals surface area contributed by atoms with Crippen molar-refractivity contribution in [2.75, 3.05) is 6.26 Å². The summed E-state index contributed by atoms with van der Waals surface area (Å²) in [5.41, 5.74) is 0. The van der Waals surface area contributed by atoms with E-state index >= 15 is 0 Å². The zero-order valence-corrected chi connectivity index (χ0v) is 7.58. The highest BCUT2D eigenvalue weighted by molar-refractivity contribution is 7.88. The molecule has 1 saturated carbocycles. The molecule has 0 unspecified atom stereocenters. The molecule has 0 atom stereocenters. The molecule has 1 aliphatic rings. The molecule has 0 aromatic heterocycles. The second kappa shape index (κ2) is 3.54. The van der Waals surface area contributed by atoms with Crippen LogP contribution in [0.1, 0.15) is 32.1 Å². The second-order valence-corrected chi connectivity index (χ2v) is 4.79. The number of rotatable bonds is 2. The molecule has 4 heteroatoms. The van der Waals surface area contributed by atoms with Crippen LogP contribution in [0.2, 0.25) is 0 Å². The Bertz CT molecular complexity index is 204. The van der Waals surface area contributed by atoms with E-state index in [9.17, 15) is 8.42 Å². The molecule has 0 spiro atoms. The topological polar surface area (TPSA) is 46.2 Å². The first kappa shape index (κ1) is 9.00. The van der Waals surface area contributed by atoms with Gasteiger partial charge in [0.25, 0.3) is 0 Å². The van der Waals surface area contributed by atoms with Crippen LogP contribution in [-0.4, -0.2) is 14.7 Å². The number of hydrogen-bond acceptors (Lipinski definition) is 2. The van der Waals surface area contributed by atoms with Crippen molar-refractivity contribution in [3.63, 3.8) is 0 Å². The lowest BCUT2D eigenvalue weighted by atomic mass is 9.96. The Morgan fingerprint density at radius 2 is 1.73 bits per heavy atom. The summed E-state index contributed by atoms with van der Waals surface area (Å²) in [6.07, 6.45) is 6.53. The van der Waals surface area contributed by atoms with Crippen LogP contribution in [-0.2, 0) is 10.0 Å². The van der Waals surface area contributed by atoms with Crippen molar-refractivity contribution in [2.45, 2.75) is 32.1 Å². The van der Waals surface area contributed by atoms with E-state index in [1.807, 2.05) is 0 Å². The van der Waals surface area contributed by atoms with Gasteiger partial charge in [-0.05, 0) is 12.8 Å². The van der Waals surface area contributed by atoms with Crippen molar-refractivity contribution in [1.29, 1.82) is 0 Å². The standard InChI is InChI=1S/C7H14NO2S/c1-11(9,10)8-7-5-3-2-4-6-7/h8H,2-6H2,1H3. The molecule has 3 nitrogen and oxygen atoms in total. The van der Waals surface area contributed by atoms with Gasteiger partial charge in [0.1, 0.15) is 0 Å².